The molecule has 1 aliphatic rings. The van der Waals surface area contributed by atoms with E-state index in [2.05, 4.69) is 6.07 Å². The Morgan fingerprint density at radius 2 is 1.70 bits per heavy atom. The highest BCUT2D eigenvalue weighted by Gasteiger charge is 2.45. The lowest BCUT2D eigenvalue weighted by Crippen LogP contribution is -2.31. The van der Waals surface area contributed by atoms with Crippen molar-refractivity contribution in [2.24, 2.45) is 0 Å². The Bertz CT molecular complexity index is 1300. The fourth-order valence-corrected chi connectivity index (χ4v) is 4.48. The van der Waals surface area contributed by atoms with Crippen LogP contribution in [0.2, 0.25) is 0 Å². The number of hydrogen-bond donors (Lipinski definition) is 1. The average Bonchev–Trinajstić information content (AvgIpc) is 3.17. The summed E-state index contributed by atoms with van der Waals surface area (Å²) in [7, 11) is 3.14. The van der Waals surface area contributed by atoms with Crippen LogP contribution in [0.3, 0.4) is 0 Å². The molecule has 3 aromatic rings. The van der Waals surface area contributed by atoms with Gasteiger partial charge in [-0.15, -0.1) is 0 Å². The Kier molecular flexibility index (Phi) is 8.25. The molecule has 1 aliphatic heterocycles. The summed E-state index contributed by atoms with van der Waals surface area (Å²) in [5.74, 6) is -0.380. The van der Waals surface area contributed by atoms with Crippen LogP contribution in [0.15, 0.2) is 78.4 Å². The number of nitrogens with zero attached hydrogens (tertiary/aromatic N) is 1. The molecule has 1 atom stereocenters. The van der Waals surface area contributed by atoms with E-state index in [9.17, 15) is 14.7 Å². The third kappa shape index (κ3) is 5.84. The van der Waals surface area contributed by atoms with Crippen LogP contribution in [-0.4, -0.2) is 49.1 Å². The van der Waals surface area contributed by atoms with Gasteiger partial charge in [0.25, 0.3) is 11.7 Å². The first-order valence-electron chi connectivity index (χ1n) is 12.1. The molecule has 1 saturated heterocycles. The lowest BCUT2D eigenvalue weighted by Gasteiger charge is -2.25. The molecule has 3 aromatic carbocycles. The average molecular weight is 502 g/mol. The lowest BCUT2D eigenvalue weighted by molar-refractivity contribution is -0.140. The Morgan fingerprint density at radius 3 is 2.41 bits per heavy atom. The van der Waals surface area contributed by atoms with Crippen molar-refractivity contribution in [1.82, 2.24) is 4.90 Å². The maximum atomic E-state index is 13.2. The van der Waals surface area contributed by atoms with Gasteiger partial charge in [0.05, 0.1) is 18.7 Å². The second-order valence-electron chi connectivity index (χ2n) is 8.92. The van der Waals surface area contributed by atoms with Gasteiger partial charge >= 0.3 is 0 Å². The Morgan fingerprint density at radius 1 is 0.946 bits per heavy atom. The van der Waals surface area contributed by atoms with Crippen LogP contribution in [0.5, 0.6) is 11.5 Å². The molecule has 1 heterocycles. The molecule has 1 unspecified atom stereocenters. The number of carbonyl (C=O) groups is 2. The zero-order valence-electron chi connectivity index (χ0n) is 21.3. The minimum Gasteiger partial charge on any atom is -0.507 e. The lowest BCUT2D eigenvalue weighted by atomic mass is 9.95. The minimum absolute atomic E-state index is 0.0455. The van der Waals surface area contributed by atoms with Crippen molar-refractivity contribution in [2.45, 2.75) is 26.0 Å². The molecule has 7 heteroatoms. The van der Waals surface area contributed by atoms with Crippen molar-refractivity contribution in [1.29, 1.82) is 0 Å². The number of carbonyl (C=O) groups excluding carboxylic acids is 2. The number of hydrogen-bond acceptors (Lipinski definition) is 6. The number of aliphatic hydroxyl groups is 1. The highest BCUT2D eigenvalue weighted by Crippen LogP contribution is 2.40. The van der Waals surface area contributed by atoms with Crippen molar-refractivity contribution in [3.05, 3.63) is 101 Å². The SMILES string of the molecule is COCCCN1C(=O)C(=O)C(=C(O)c2ccc(OCc3cccc(C)c3)cc2)C1c1cccc(OC)c1. The third-order valence-corrected chi connectivity index (χ3v) is 6.31. The zero-order chi connectivity index (χ0) is 26.4. The summed E-state index contributed by atoms with van der Waals surface area (Å²) in [5.41, 5.74) is 3.36. The number of aliphatic hydroxyl groups excluding tert-OH is 1. The van der Waals surface area contributed by atoms with E-state index in [-0.39, 0.29) is 11.3 Å². The van der Waals surface area contributed by atoms with Gasteiger partial charge in [0.15, 0.2) is 0 Å². The van der Waals surface area contributed by atoms with Gasteiger partial charge in [-0.2, -0.15) is 0 Å². The van der Waals surface area contributed by atoms with Crippen molar-refractivity contribution in [2.75, 3.05) is 27.4 Å². The molecule has 0 aromatic heterocycles. The van der Waals surface area contributed by atoms with Gasteiger partial charge in [0.1, 0.15) is 23.9 Å². The number of aryl methyl sites for hydroxylation is 1. The number of ether oxygens (including phenoxy) is 3. The first-order chi connectivity index (χ1) is 17.9. The monoisotopic (exact) mass is 501 g/mol. The quantitative estimate of drug-likeness (QED) is 0.181. The number of methoxy groups -OCH3 is 2. The van der Waals surface area contributed by atoms with Crippen LogP contribution in [0.4, 0.5) is 0 Å². The molecule has 7 nitrogen and oxygen atoms in total. The van der Waals surface area contributed by atoms with Gasteiger partial charge in [-0.3, -0.25) is 9.59 Å². The van der Waals surface area contributed by atoms with E-state index in [0.717, 1.165) is 11.1 Å². The summed E-state index contributed by atoms with van der Waals surface area (Å²) < 4.78 is 16.4. The van der Waals surface area contributed by atoms with Crippen LogP contribution in [0, 0.1) is 6.92 Å². The van der Waals surface area contributed by atoms with Crippen LogP contribution in [0.25, 0.3) is 5.76 Å². The zero-order valence-corrected chi connectivity index (χ0v) is 21.3. The second-order valence-corrected chi connectivity index (χ2v) is 8.92. The number of Topliss-reactive ketones (excluding diaryl/α,β-unsaturated/α-hetero) is 1. The Labute approximate surface area is 216 Å². The summed E-state index contributed by atoms with van der Waals surface area (Å²) in [4.78, 5) is 27.7. The van der Waals surface area contributed by atoms with Gasteiger partial charge in [-0.05, 0) is 60.9 Å². The first-order valence-corrected chi connectivity index (χ1v) is 12.1. The Hall–Kier alpha value is -4.10. The Balaban J connectivity index is 1.64. The summed E-state index contributed by atoms with van der Waals surface area (Å²) in [6.07, 6.45) is 0.553. The van der Waals surface area contributed by atoms with Crippen LogP contribution >= 0.6 is 0 Å². The maximum absolute atomic E-state index is 13.2. The number of benzene rings is 3. The largest absolute Gasteiger partial charge is 0.507 e. The molecule has 0 aliphatic carbocycles. The van der Waals surface area contributed by atoms with Crippen molar-refractivity contribution in [3.63, 3.8) is 0 Å². The van der Waals surface area contributed by atoms with E-state index in [1.807, 2.05) is 31.2 Å². The van der Waals surface area contributed by atoms with Gasteiger partial charge in [0, 0.05) is 25.8 Å². The number of rotatable bonds is 10. The summed E-state index contributed by atoms with van der Waals surface area (Å²) in [6.45, 7) is 3.19. The predicted molar refractivity (Wildman–Crippen MR) is 140 cm³/mol. The molecule has 0 saturated carbocycles. The number of amides is 1. The minimum atomic E-state index is -0.746. The highest BCUT2D eigenvalue weighted by molar-refractivity contribution is 6.46. The van der Waals surface area contributed by atoms with Crippen LogP contribution < -0.4 is 9.47 Å². The van der Waals surface area contributed by atoms with Crippen LogP contribution in [0.1, 0.15) is 34.7 Å². The van der Waals surface area contributed by atoms with Crippen LogP contribution in [-0.2, 0) is 20.9 Å². The molecular formula is C30H31NO6. The second kappa shape index (κ2) is 11.8. The predicted octanol–water partition coefficient (Wildman–Crippen LogP) is 5.04. The smallest absolute Gasteiger partial charge is 0.295 e. The molecule has 0 radical (unpaired) electrons. The molecule has 1 amide bonds. The molecule has 1 fully saturated rings. The summed E-state index contributed by atoms with van der Waals surface area (Å²) >= 11 is 0. The van der Waals surface area contributed by atoms with E-state index >= 15 is 0 Å². The molecular weight excluding hydrogens is 470 g/mol. The summed E-state index contributed by atoms with van der Waals surface area (Å²) in [5, 5.41) is 11.3. The molecule has 0 bridgehead atoms. The summed E-state index contributed by atoms with van der Waals surface area (Å²) in [6, 6.07) is 21.3. The van der Waals surface area contributed by atoms with E-state index in [4.69, 9.17) is 14.2 Å². The first kappa shape index (κ1) is 26.0. The van der Waals surface area contributed by atoms with Gasteiger partial charge in [0.2, 0.25) is 0 Å². The van der Waals surface area contributed by atoms with E-state index < -0.39 is 17.7 Å². The topological polar surface area (TPSA) is 85.3 Å². The fourth-order valence-electron chi connectivity index (χ4n) is 4.48. The van der Waals surface area contributed by atoms with E-state index in [0.29, 0.717) is 48.8 Å². The van der Waals surface area contributed by atoms with Gasteiger partial charge in [-0.1, -0.05) is 42.0 Å². The van der Waals surface area contributed by atoms with Gasteiger partial charge < -0.3 is 24.2 Å². The standard InChI is InChI=1S/C30H31NO6/c1-20-7-4-8-21(17-20)19-37-24-13-11-22(12-14-24)28(32)26-27(23-9-5-10-25(18-23)36-3)31(15-6-16-35-2)30(34)29(26)33/h4-5,7-14,17-18,27,32H,6,15-16,19H2,1-3H3. The highest BCUT2D eigenvalue weighted by atomic mass is 16.5. The molecule has 1 N–H and O–H groups in total. The van der Waals surface area contributed by atoms with Crippen molar-refractivity contribution >= 4 is 17.4 Å². The normalized spacial score (nSPS) is 16.7. The van der Waals surface area contributed by atoms with Crippen molar-refractivity contribution in [3.8, 4) is 11.5 Å². The van der Waals surface area contributed by atoms with Gasteiger partial charge in [-0.25, -0.2) is 0 Å². The van der Waals surface area contributed by atoms with E-state index in [1.54, 1.807) is 56.7 Å². The number of likely N-dealkylation sites (tertiary alicyclic amines) is 1. The molecule has 192 valence electrons. The molecule has 0 spiro atoms. The number of ketones is 1. The maximum Gasteiger partial charge on any atom is 0.295 e. The molecule has 37 heavy (non-hydrogen) atoms. The van der Waals surface area contributed by atoms with E-state index in [1.165, 1.54) is 4.90 Å². The molecule has 4 rings (SSSR count). The third-order valence-electron chi connectivity index (χ3n) is 6.31. The fraction of sp³-hybridized carbons (Fsp3) is 0.267. The van der Waals surface area contributed by atoms with Crippen molar-refractivity contribution < 1.29 is 28.9 Å².